The molecule has 0 unspecified atom stereocenters. The van der Waals surface area contributed by atoms with Crippen LogP contribution in [0.5, 0.6) is 17.4 Å². The first-order chi connectivity index (χ1) is 19.3. The Balaban J connectivity index is 1.60. The first kappa shape index (κ1) is 29.8. The van der Waals surface area contributed by atoms with Crippen molar-refractivity contribution in [2.75, 3.05) is 7.11 Å². The van der Waals surface area contributed by atoms with Crippen LogP contribution in [0.3, 0.4) is 0 Å². The molecule has 0 spiro atoms. The van der Waals surface area contributed by atoms with Crippen molar-refractivity contribution in [3.05, 3.63) is 83.1 Å². The van der Waals surface area contributed by atoms with Crippen molar-refractivity contribution in [2.24, 2.45) is 0 Å². The number of methoxy groups -OCH3 is 1. The third-order valence-electron chi connectivity index (χ3n) is 6.31. The van der Waals surface area contributed by atoms with Crippen LogP contribution in [0.2, 0.25) is 0 Å². The molecule has 1 atom stereocenters. The fourth-order valence-electron chi connectivity index (χ4n) is 4.29. The Morgan fingerprint density at radius 1 is 1.10 bits per heavy atom. The van der Waals surface area contributed by atoms with Crippen molar-refractivity contribution >= 4 is 11.5 Å². The van der Waals surface area contributed by atoms with Gasteiger partial charge in [0.05, 0.1) is 18.8 Å². The number of hydrogen-bond acceptors (Lipinski definition) is 7. The number of aliphatic hydroxyl groups is 1. The van der Waals surface area contributed by atoms with E-state index in [1.165, 1.54) is 19.9 Å². The molecule has 0 fully saturated rings. The van der Waals surface area contributed by atoms with Crippen LogP contribution in [0.15, 0.2) is 54.6 Å². The van der Waals surface area contributed by atoms with Crippen LogP contribution in [-0.4, -0.2) is 40.1 Å². The molecule has 1 aliphatic rings. The van der Waals surface area contributed by atoms with E-state index in [1.54, 1.807) is 19.2 Å². The Morgan fingerprint density at radius 2 is 1.83 bits per heavy atom. The maximum atomic E-state index is 14.5. The van der Waals surface area contributed by atoms with E-state index in [2.05, 4.69) is 20.0 Å². The quantitative estimate of drug-likeness (QED) is 0.290. The van der Waals surface area contributed by atoms with Gasteiger partial charge in [0.25, 0.3) is 5.91 Å². The molecular weight excluding hydrogens is 546 g/mol. The summed E-state index contributed by atoms with van der Waals surface area (Å²) in [5, 5.41) is 13.4. The van der Waals surface area contributed by atoms with E-state index in [0.29, 0.717) is 11.6 Å². The van der Waals surface area contributed by atoms with Crippen LogP contribution in [0.1, 0.15) is 66.6 Å². The lowest BCUT2D eigenvalue weighted by Gasteiger charge is -2.30. The molecule has 4 rings (SSSR count). The molecule has 0 radical (unpaired) electrons. The summed E-state index contributed by atoms with van der Waals surface area (Å²) in [7, 11) is 1.56. The monoisotopic (exact) mass is 575 g/mol. The smallest absolute Gasteiger partial charge is 0.497 e. The molecule has 1 aromatic heterocycles. The van der Waals surface area contributed by atoms with Gasteiger partial charge in [0.1, 0.15) is 18.1 Å². The van der Waals surface area contributed by atoms with Crippen LogP contribution < -0.4 is 19.5 Å². The topological polar surface area (TPSA) is 103 Å². The Morgan fingerprint density at radius 3 is 2.41 bits per heavy atom. The number of benzene rings is 2. The maximum absolute atomic E-state index is 14.5. The number of hydrogen-bond donors (Lipinski definition) is 2. The average molecular weight is 576 g/mol. The number of amides is 1. The van der Waals surface area contributed by atoms with Gasteiger partial charge in [0.2, 0.25) is 5.88 Å². The van der Waals surface area contributed by atoms with Crippen LogP contribution in [0, 0.1) is 5.82 Å². The highest BCUT2D eigenvalue weighted by molar-refractivity contribution is 5.93. The van der Waals surface area contributed by atoms with Crippen molar-refractivity contribution in [2.45, 2.75) is 57.7 Å². The molecule has 1 heterocycles. The lowest BCUT2D eigenvalue weighted by molar-refractivity contribution is -0.275. The number of carbonyl (C=O) groups excluding carboxylic acids is 1. The number of halogens is 4. The van der Waals surface area contributed by atoms with Crippen LogP contribution in [0.25, 0.3) is 5.57 Å². The second-order valence-electron chi connectivity index (χ2n) is 9.97. The summed E-state index contributed by atoms with van der Waals surface area (Å²) in [6, 6.07) is 10.0. The Bertz CT molecular complexity index is 1420. The predicted octanol–water partition coefficient (Wildman–Crippen LogP) is 5.91. The second kappa shape index (κ2) is 12.1. The summed E-state index contributed by atoms with van der Waals surface area (Å²) < 4.78 is 66.9. The van der Waals surface area contributed by atoms with E-state index in [-0.39, 0.29) is 23.7 Å². The summed E-state index contributed by atoms with van der Waals surface area (Å²) in [6.45, 7) is 2.89. The molecule has 2 aromatic carbocycles. The largest absolute Gasteiger partial charge is 0.573 e. The number of ether oxygens (including phenoxy) is 3. The first-order valence-electron chi connectivity index (χ1n) is 12.7. The molecule has 0 aliphatic heterocycles. The molecule has 41 heavy (non-hydrogen) atoms. The van der Waals surface area contributed by atoms with E-state index >= 15 is 0 Å². The van der Waals surface area contributed by atoms with E-state index in [1.807, 2.05) is 18.2 Å². The van der Waals surface area contributed by atoms with Crippen molar-refractivity contribution in [3.8, 4) is 17.4 Å². The van der Waals surface area contributed by atoms with Gasteiger partial charge in [-0.1, -0.05) is 24.3 Å². The zero-order chi connectivity index (χ0) is 29.8. The molecule has 2 N–H and O–H groups in total. The number of nitrogens with one attached hydrogen (secondary N) is 1. The molecule has 8 nitrogen and oxygen atoms in total. The van der Waals surface area contributed by atoms with Crippen LogP contribution in [-0.2, 0) is 6.61 Å². The second-order valence-corrected chi connectivity index (χ2v) is 9.97. The molecule has 3 aromatic rings. The van der Waals surface area contributed by atoms with Crippen molar-refractivity contribution in [3.63, 3.8) is 0 Å². The highest BCUT2D eigenvalue weighted by Crippen LogP contribution is 2.32. The van der Waals surface area contributed by atoms with Gasteiger partial charge in [-0.2, -0.15) is 4.98 Å². The van der Waals surface area contributed by atoms with Gasteiger partial charge in [0.15, 0.2) is 17.4 Å². The highest BCUT2D eigenvalue weighted by atomic mass is 19.4. The molecule has 0 saturated heterocycles. The minimum atomic E-state index is -5.08. The molecule has 0 saturated carbocycles. The molecular formula is C29H29F4N3O5. The zero-order valence-corrected chi connectivity index (χ0v) is 22.6. The zero-order valence-electron chi connectivity index (χ0n) is 22.6. The SMILES string of the molecule is COc1ccc(COc2cc(C(=O)N[C@@H](c3ccc(OC(F)(F)F)c(F)c3)C(C)(C)O)nc(C3=CCCC3)n2)cc1. The number of rotatable bonds is 10. The molecule has 218 valence electrons. The first-order valence-corrected chi connectivity index (χ1v) is 12.7. The van der Waals surface area contributed by atoms with Gasteiger partial charge in [-0.3, -0.25) is 4.79 Å². The number of carbonyl (C=O) groups is 1. The van der Waals surface area contributed by atoms with Crippen LogP contribution >= 0.6 is 0 Å². The van der Waals surface area contributed by atoms with Gasteiger partial charge in [-0.25, -0.2) is 9.37 Å². The van der Waals surface area contributed by atoms with Crippen molar-refractivity contribution < 1.29 is 41.7 Å². The molecule has 12 heteroatoms. The minimum Gasteiger partial charge on any atom is -0.497 e. The van der Waals surface area contributed by atoms with Gasteiger partial charge < -0.3 is 24.6 Å². The average Bonchev–Trinajstić information content (AvgIpc) is 3.46. The fraction of sp³-hybridized carbons (Fsp3) is 0.345. The maximum Gasteiger partial charge on any atom is 0.573 e. The third-order valence-corrected chi connectivity index (χ3v) is 6.31. The Kier molecular flexibility index (Phi) is 8.81. The van der Waals surface area contributed by atoms with Gasteiger partial charge >= 0.3 is 6.36 Å². The van der Waals surface area contributed by atoms with E-state index in [0.717, 1.165) is 48.6 Å². The standard InChI is InChI=1S/C29H29F4N3O5/c1-28(2,38)25(19-10-13-23(21(30)14-19)41-29(31,32)33)36-27(37)22-15-24(35-26(34-22)18-6-4-5-7-18)40-16-17-8-11-20(39-3)12-9-17/h6,8-15,25,38H,4-5,7,16H2,1-3H3,(H,36,37)/t25-/m0/s1. The molecule has 1 aliphatic carbocycles. The molecule has 0 bridgehead atoms. The normalized spacial score (nSPS) is 14.3. The van der Waals surface area contributed by atoms with Gasteiger partial charge in [-0.05, 0) is 74.1 Å². The number of alkyl halides is 3. The fourth-order valence-corrected chi connectivity index (χ4v) is 4.29. The summed E-state index contributed by atoms with van der Waals surface area (Å²) in [6.07, 6.45) is -0.619. The summed E-state index contributed by atoms with van der Waals surface area (Å²) in [5.74, 6) is -1.93. The van der Waals surface area contributed by atoms with Crippen molar-refractivity contribution in [1.29, 1.82) is 0 Å². The van der Waals surface area contributed by atoms with E-state index < -0.39 is 35.5 Å². The van der Waals surface area contributed by atoms with Gasteiger partial charge in [-0.15, -0.1) is 13.2 Å². The predicted molar refractivity (Wildman–Crippen MR) is 141 cm³/mol. The highest BCUT2D eigenvalue weighted by Gasteiger charge is 2.34. The summed E-state index contributed by atoms with van der Waals surface area (Å²) in [5.41, 5.74) is -0.0122. The van der Waals surface area contributed by atoms with Crippen LogP contribution in [0.4, 0.5) is 17.6 Å². The van der Waals surface area contributed by atoms with Gasteiger partial charge in [0, 0.05) is 6.07 Å². The number of aromatic nitrogens is 2. The van der Waals surface area contributed by atoms with E-state index in [9.17, 15) is 27.5 Å². The lowest BCUT2D eigenvalue weighted by Crippen LogP contribution is -2.42. The Labute approximate surface area is 234 Å². The lowest BCUT2D eigenvalue weighted by atomic mass is 9.91. The summed E-state index contributed by atoms with van der Waals surface area (Å²) in [4.78, 5) is 22.3. The number of allylic oxidation sites excluding steroid dienone is 2. The molecule has 1 amide bonds. The third kappa shape index (κ3) is 7.94. The van der Waals surface area contributed by atoms with Crippen molar-refractivity contribution in [1.82, 2.24) is 15.3 Å². The summed E-state index contributed by atoms with van der Waals surface area (Å²) >= 11 is 0. The Hall–Kier alpha value is -4.19. The van der Waals surface area contributed by atoms with E-state index in [4.69, 9.17) is 9.47 Å². The number of nitrogens with zero attached hydrogens (tertiary/aromatic N) is 2. The minimum absolute atomic E-state index is 0.0154.